The minimum atomic E-state index is -0.945. The van der Waals surface area contributed by atoms with Crippen molar-refractivity contribution in [2.45, 2.75) is 30.8 Å². The van der Waals surface area contributed by atoms with Gasteiger partial charge in [-0.05, 0) is 65.4 Å². The second kappa shape index (κ2) is 13.7. The fraction of sp³-hybridized carbons (Fsp3) is 0.205. The number of imidazole rings is 1. The molecule has 0 saturated carbocycles. The van der Waals surface area contributed by atoms with Crippen LogP contribution in [0.25, 0.3) is 22.4 Å². The molecule has 3 heterocycles. The van der Waals surface area contributed by atoms with Crippen molar-refractivity contribution in [1.29, 1.82) is 5.26 Å². The Balaban J connectivity index is 1.18. The van der Waals surface area contributed by atoms with E-state index >= 15 is 0 Å². The van der Waals surface area contributed by atoms with Crippen LogP contribution < -0.4 is 9.47 Å². The van der Waals surface area contributed by atoms with Crippen LogP contribution >= 0.6 is 0 Å². The van der Waals surface area contributed by atoms with Crippen LogP contribution in [0.2, 0.25) is 0 Å². The van der Waals surface area contributed by atoms with Crippen molar-refractivity contribution in [2.75, 3.05) is 20.8 Å². The van der Waals surface area contributed by atoms with Crippen molar-refractivity contribution in [3.8, 4) is 28.8 Å². The number of nitrogens with zero attached hydrogens (tertiary/aromatic N) is 5. The molecule has 0 N–H and O–H groups in total. The molecule has 48 heavy (non-hydrogen) atoms. The third-order valence-corrected chi connectivity index (χ3v) is 8.72. The molecule has 0 spiro atoms. The zero-order valence-electron chi connectivity index (χ0n) is 26.7. The average Bonchev–Trinajstić information content (AvgIpc) is 3.80. The fourth-order valence-electron chi connectivity index (χ4n) is 6.34. The van der Waals surface area contributed by atoms with E-state index in [4.69, 9.17) is 29.2 Å². The number of rotatable bonds is 11. The molecule has 1 aliphatic heterocycles. The van der Waals surface area contributed by atoms with Gasteiger partial charge >= 0.3 is 0 Å². The Morgan fingerprint density at radius 1 is 0.833 bits per heavy atom. The van der Waals surface area contributed by atoms with E-state index in [1.807, 2.05) is 95.6 Å². The zero-order chi connectivity index (χ0) is 32.9. The van der Waals surface area contributed by atoms with Crippen molar-refractivity contribution >= 4 is 11.2 Å². The number of benzene rings is 4. The minimum Gasteiger partial charge on any atom is -0.497 e. The summed E-state index contributed by atoms with van der Waals surface area (Å²) in [4.78, 5) is 13.8. The topological polar surface area (TPSA) is 104 Å². The second-order valence-corrected chi connectivity index (χ2v) is 11.5. The van der Waals surface area contributed by atoms with Crippen molar-refractivity contribution < 1.29 is 18.9 Å². The normalized spacial score (nSPS) is 16.1. The van der Waals surface area contributed by atoms with Gasteiger partial charge in [-0.15, -0.1) is 0 Å². The van der Waals surface area contributed by atoms with Crippen molar-refractivity contribution in [3.63, 3.8) is 0 Å². The van der Waals surface area contributed by atoms with Crippen molar-refractivity contribution in [2.24, 2.45) is 0 Å². The first-order valence-corrected chi connectivity index (χ1v) is 15.7. The van der Waals surface area contributed by atoms with Crippen LogP contribution in [0.4, 0.5) is 0 Å². The molecular weight excluding hydrogens is 602 g/mol. The van der Waals surface area contributed by atoms with E-state index in [1.54, 1.807) is 26.9 Å². The lowest BCUT2D eigenvalue weighted by Gasteiger charge is -2.37. The molecule has 9 heteroatoms. The average molecular weight is 637 g/mol. The van der Waals surface area contributed by atoms with E-state index < -0.39 is 5.60 Å². The summed E-state index contributed by atoms with van der Waals surface area (Å²) < 4.78 is 26.6. The lowest BCUT2D eigenvalue weighted by Crippen LogP contribution is -2.35. The van der Waals surface area contributed by atoms with Gasteiger partial charge in [-0.2, -0.15) is 5.26 Å². The van der Waals surface area contributed by atoms with Gasteiger partial charge in [0.05, 0.1) is 45.7 Å². The van der Waals surface area contributed by atoms with E-state index in [0.29, 0.717) is 36.3 Å². The summed E-state index contributed by atoms with van der Waals surface area (Å²) >= 11 is 0. The largest absolute Gasteiger partial charge is 0.497 e. The number of methoxy groups -OCH3 is 2. The first-order chi connectivity index (χ1) is 23.6. The van der Waals surface area contributed by atoms with Crippen LogP contribution in [0.3, 0.4) is 0 Å². The van der Waals surface area contributed by atoms with E-state index in [1.165, 1.54) is 0 Å². The quantitative estimate of drug-likeness (QED) is 0.139. The van der Waals surface area contributed by atoms with Crippen LogP contribution in [-0.4, -0.2) is 46.4 Å². The maximum atomic E-state index is 9.17. The van der Waals surface area contributed by atoms with Crippen LogP contribution in [0.1, 0.15) is 34.9 Å². The van der Waals surface area contributed by atoms with E-state index in [0.717, 1.165) is 39.3 Å². The number of hydrogen-bond acceptors (Lipinski definition) is 8. The molecule has 0 aliphatic carbocycles. The lowest BCUT2D eigenvalue weighted by molar-refractivity contribution is -0.0702. The molecule has 9 nitrogen and oxygen atoms in total. The van der Waals surface area contributed by atoms with Crippen LogP contribution in [0.15, 0.2) is 116 Å². The molecule has 1 fully saturated rings. The summed E-state index contributed by atoms with van der Waals surface area (Å²) in [5, 5.41) is 9.17. The zero-order valence-corrected chi connectivity index (χ0v) is 26.7. The Kier molecular flexibility index (Phi) is 8.84. The van der Waals surface area contributed by atoms with Gasteiger partial charge in [-0.1, -0.05) is 72.8 Å². The van der Waals surface area contributed by atoms with Gasteiger partial charge in [0.1, 0.15) is 40.9 Å². The van der Waals surface area contributed by atoms with Gasteiger partial charge in [0.15, 0.2) is 5.65 Å². The van der Waals surface area contributed by atoms with Gasteiger partial charge in [-0.3, -0.25) is 4.57 Å². The maximum absolute atomic E-state index is 9.17. The molecule has 2 atom stereocenters. The molecule has 1 saturated heterocycles. The van der Waals surface area contributed by atoms with Gasteiger partial charge in [0.2, 0.25) is 0 Å². The van der Waals surface area contributed by atoms with Crippen LogP contribution in [0.5, 0.6) is 11.5 Å². The first kappa shape index (κ1) is 31.1. The summed E-state index contributed by atoms with van der Waals surface area (Å²) in [5.41, 5.74) is 5.84. The third kappa shape index (κ3) is 5.88. The number of nitriles is 1. The Hall–Kier alpha value is -5.56. The number of ether oxygens (including phenoxy) is 4. The fourth-order valence-corrected chi connectivity index (χ4v) is 6.34. The summed E-state index contributed by atoms with van der Waals surface area (Å²) in [6.45, 7) is 0.294. The molecule has 0 unspecified atom stereocenters. The Morgan fingerprint density at radius 3 is 2.19 bits per heavy atom. The highest BCUT2D eigenvalue weighted by Crippen LogP contribution is 2.43. The number of fused-ring (bicyclic) bond motifs is 1. The molecule has 0 amide bonds. The Morgan fingerprint density at radius 2 is 1.52 bits per heavy atom. The van der Waals surface area contributed by atoms with Crippen molar-refractivity contribution in [1.82, 2.24) is 19.5 Å². The molecule has 2 aromatic heterocycles. The summed E-state index contributed by atoms with van der Waals surface area (Å²) in [6, 6.07) is 36.2. The molecule has 0 bridgehead atoms. The van der Waals surface area contributed by atoms with Crippen molar-refractivity contribution in [3.05, 3.63) is 144 Å². The first-order valence-electron chi connectivity index (χ1n) is 15.7. The predicted molar refractivity (Wildman–Crippen MR) is 181 cm³/mol. The Bertz CT molecular complexity index is 1990. The van der Waals surface area contributed by atoms with E-state index in [9.17, 15) is 0 Å². The second-order valence-electron chi connectivity index (χ2n) is 11.5. The SMILES string of the molecule is COc1ccc(C(OC[C@H]2[CH]C[C@H](n3cnc4c(-c5cccc(CC#N)c5)ncnc43)O2)(c2ccccc2)c2ccc(OC)cc2)cc1. The minimum absolute atomic E-state index is 0.294. The standard InChI is InChI=1S/C39H34N5O4/c1-45-32-15-11-30(12-16-32)39(29-9-4-3-5-10-29,31-13-17-33(46-2)18-14-31)47-24-34-19-20-35(48-34)44-26-43-37-36(41-25-42-38(37)44)28-8-6-7-27(23-28)21-22-40/h3-19,23,25-26,34-35H,20-21,24H2,1-2H3/t34-,35-/m1/s1. The highest BCUT2D eigenvalue weighted by molar-refractivity contribution is 5.87. The molecule has 239 valence electrons. The molecule has 7 rings (SSSR count). The number of hydrogen-bond donors (Lipinski definition) is 0. The lowest BCUT2D eigenvalue weighted by atomic mass is 9.80. The van der Waals surface area contributed by atoms with E-state index in [2.05, 4.69) is 34.6 Å². The summed E-state index contributed by atoms with van der Waals surface area (Å²) in [6.07, 6.45) is 5.81. The molecule has 6 aromatic rings. The predicted octanol–water partition coefficient (Wildman–Crippen LogP) is 7.08. The molecule has 1 aliphatic rings. The van der Waals surface area contributed by atoms with Gasteiger partial charge in [0.25, 0.3) is 0 Å². The van der Waals surface area contributed by atoms with Crippen LogP contribution in [0, 0.1) is 17.8 Å². The molecule has 4 aromatic carbocycles. The smallest absolute Gasteiger partial charge is 0.165 e. The number of aromatic nitrogens is 4. The Labute approximate surface area is 279 Å². The van der Waals surface area contributed by atoms with E-state index in [-0.39, 0.29) is 12.3 Å². The van der Waals surface area contributed by atoms with Gasteiger partial charge < -0.3 is 18.9 Å². The third-order valence-electron chi connectivity index (χ3n) is 8.72. The summed E-state index contributed by atoms with van der Waals surface area (Å²) in [5.74, 6) is 1.53. The maximum Gasteiger partial charge on any atom is 0.165 e. The van der Waals surface area contributed by atoms with Gasteiger partial charge in [0, 0.05) is 5.56 Å². The summed E-state index contributed by atoms with van der Waals surface area (Å²) in [7, 11) is 3.32. The highest BCUT2D eigenvalue weighted by Gasteiger charge is 2.40. The molecule has 1 radical (unpaired) electrons. The monoisotopic (exact) mass is 636 g/mol. The molecular formula is C39H34N5O4. The highest BCUT2D eigenvalue weighted by atomic mass is 16.6. The van der Waals surface area contributed by atoms with Gasteiger partial charge in [-0.25, -0.2) is 15.0 Å². The van der Waals surface area contributed by atoms with Crippen LogP contribution in [-0.2, 0) is 21.5 Å².